The molecule has 0 unspecified atom stereocenters. The maximum absolute atomic E-state index is 11.4. The Morgan fingerprint density at radius 2 is 2.41 bits per heavy atom. The zero-order valence-electron chi connectivity index (χ0n) is 9.17. The first kappa shape index (κ1) is 13.7. The molecule has 0 aliphatic carbocycles. The molecule has 5 nitrogen and oxygen atoms in total. The molecule has 0 aliphatic heterocycles. The van der Waals surface area contributed by atoms with Crippen LogP contribution in [-0.4, -0.2) is 34.0 Å². The van der Waals surface area contributed by atoms with Crippen LogP contribution in [0.3, 0.4) is 0 Å². The van der Waals surface area contributed by atoms with Crippen molar-refractivity contribution in [2.75, 3.05) is 17.3 Å². The number of thioether (sulfide) groups is 1. The number of amides is 1. The van der Waals surface area contributed by atoms with Gasteiger partial charge in [-0.25, -0.2) is 9.78 Å². The van der Waals surface area contributed by atoms with Gasteiger partial charge in [-0.15, -0.1) is 0 Å². The summed E-state index contributed by atoms with van der Waals surface area (Å²) in [6, 6.07) is 0. The zero-order valence-corrected chi connectivity index (χ0v) is 10.8. The van der Waals surface area contributed by atoms with Crippen LogP contribution in [0, 0.1) is 0 Å². The van der Waals surface area contributed by atoms with Crippen LogP contribution < -0.4 is 5.32 Å². The van der Waals surface area contributed by atoms with Crippen LogP contribution >= 0.6 is 23.1 Å². The molecule has 1 rings (SSSR count). The number of nitrogens with one attached hydrogen (secondary N) is 1. The van der Waals surface area contributed by atoms with Crippen LogP contribution in [0.2, 0.25) is 0 Å². The minimum Gasteiger partial charge on any atom is -0.478 e. The second-order valence-electron chi connectivity index (χ2n) is 3.03. The van der Waals surface area contributed by atoms with Crippen molar-refractivity contribution in [2.24, 2.45) is 0 Å². The second kappa shape index (κ2) is 7.08. The van der Waals surface area contributed by atoms with E-state index in [0.29, 0.717) is 16.4 Å². The predicted molar refractivity (Wildman–Crippen MR) is 70.4 cm³/mol. The first-order chi connectivity index (χ1) is 8.11. The SMILES string of the molecule is CSCCC(=O)Nc1ncc(C=CC(=O)O)s1. The summed E-state index contributed by atoms with van der Waals surface area (Å²) in [5.74, 6) is -0.324. The van der Waals surface area contributed by atoms with Gasteiger partial charge in [-0.2, -0.15) is 11.8 Å². The molecule has 0 atom stereocenters. The van der Waals surface area contributed by atoms with Crippen molar-refractivity contribution >= 4 is 46.2 Å². The van der Waals surface area contributed by atoms with Crippen LogP contribution in [0.5, 0.6) is 0 Å². The fraction of sp³-hybridized carbons (Fsp3) is 0.300. The number of aliphatic carboxylic acids is 1. The molecule has 1 amide bonds. The number of nitrogens with zero attached hydrogens (tertiary/aromatic N) is 1. The third-order valence-corrected chi connectivity index (χ3v) is 3.18. The Bertz CT molecular complexity index is 429. The Kier molecular flexibility index (Phi) is 5.71. The van der Waals surface area contributed by atoms with Crippen LogP contribution in [-0.2, 0) is 9.59 Å². The summed E-state index contributed by atoms with van der Waals surface area (Å²) in [4.78, 5) is 26.3. The Morgan fingerprint density at radius 3 is 3.06 bits per heavy atom. The van der Waals surface area contributed by atoms with E-state index in [9.17, 15) is 9.59 Å². The number of carboxylic acids is 1. The summed E-state index contributed by atoms with van der Waals surface area (Å²) in [6.07, 6.45) is 6.38. The third-order valence-electron chi connectivity index (χ3n) is 1.69. The first-order valence-electron chi connectivity index (χ1n) is 4.77. The minimum atomic E-state index is -1.01. The number of anilines is 1. The molecule has 0 aromatic carbocycles. The van der Waals surface area contributed by atoms with Gasteiger partial charge in [0.2, 0.25) is 5.91 Å². The fourth-order valence-electron chi connectivity index (χ4n) is 0.951. The molecule has 1 heterocycles. The Balaban J connectivity index is 2.51. The molecule has 0 spiro atoms. The van der Waals surface area contributed by atoms with Crippen molar-refractivity contribution in [2.45, 2.75) is 6.42 Å². The van der Waals surface area contributed by atoms with Crippen molar-refractivity contribution in [1.82, 2.24) is 4.98 Å². The molecular formula is C10H12N2O3S2. The van der Waals surface area contributed by atoms with E-state index in [-0.39, 0.29) is 5.91 Å². The van der Waals surface area contributed by atoms with E-state index in [0.717, 1.165) is 11.8 Å². The molecule has 92 valence electrons. The number of rotatable bonds is 6. The van der Waals surface area contributed by atoms with E-state index in [1.54, 1.807) is 11.8 Å². The van der Waals surface area contributed by atoms with Gasteiger partial charge in [-0.3, -0.25) is 4.79 Å². The average molecular weight is 272 g/mol. The molecule has 2 N–H and O–H groups in total. The van der Waals surface area contributed by atoms with E-state index >= 15 is 0 Å². The van der Waals surface area contributed by atoms with E-state index in [4.69, 9.17) is 5.11 Å². The van der Waals surface area contributed by atoms with Crippen molar-refractivity contribution < 1.29 is 14.7 Å². The lowest BCUT2D eigenvalue weighted by molar-refractivity contribution is -0.131. The molecule has 1 aromatic heterocycles. The Hall–Kier alpha value is -1.34. The number of carbonyl (C=O) groups is 2. The lowest BCUT2D eigenvalue weighted by Crippen LogP contribution is -2.11. The van der Waals surface area contributed by atoms with Gasteiger partial charge in [0.15, 0.2) is 5.13 Å². The monoisotopic (exact) mass is 272 g/mol. The standard InChI is InChI=1S/C10H12N2O3S2/c1-16-5-4-8(13)12-10-11-6-7(17-10)2-3-9(14)15/h2-3,6H,4-5H2,1H3,(H,14,15)(H,11,12,13). The summed E-state index contributed by atoms with van der Waals surface area (Å²) in [5.41, 5.74) is 0. The second-order valence-corrected chi connectivity index (χ2v) is 5.08. The molecular weight excluding hydrogens is 260 g/mol. The van der Waals surface area contributed by atoms with Gasteiger partial charge < -0.3 is 10.4 Å². The van der Waals surface area contributed by atoms with Crippen molar-refractivity contribution in [3.63, 3.8) is 0 Å². The summed E-state index contributed by atoms with van der Waals surface area (Å²) in [6.45, 7) is 0. The normalized spacial score (nSPS) is 10.6. The Morgan fingerprint density at radius 1 is 1.65 bits per heavy atom. The maximum Gasteiger partial charge on any atom is 0.328 e. The molecule has 17 heavy (non-hydrogen) atoms. The molecule has 0 aliphatic rings. The van der Waals surface area contributed by atoms with Crippen molar-refractivity contribution in [3.8, 4) is 0 Å². The van der Waals surface area contributed by atoms with Gasteiger partial charge in [-0.1, -0.05) is 11.3 Å². The topological polar surface area (TPSA) is 79.3 Å². The molecule has 7 heteroatoms. The molecule has 0 saturated carbocycles. The van der Waals surface area contributed by atoms with Gasteiger partial charge in [0.25, 0.3) is 0 Å². The highest BCUT2D eigenvalue weighted by atomic mass is 32.2. The van der Waals surface area contributed by atoms with Crippen LogP contribution in [0.4, 0.5) is 5.13 Å². The van der Waals surface area contributed by atoms with Crippen LogP contribution in [0.25, 0.3) is 6.08 Å². The van der Waals surface area contributed by atoms with E-state index in [2.05, 4.69) is 10.3 Å². The molecule has 0 bridgehead atoms. The summed E-state index contributed by atoms with van der Waals surface area (Å²) >= 11 is 2.84. The number of hydrogen-bond donors (Lipinski definition) is 2. The van der Waals surface area contributed by atoms with E-state index < -0.39 is 5.97 Å². The molecule has 0 radical (unpaired) electrons. The highest BCUT2D eigenvalue weighted by molar-refractivity contribution is 7.98. The summed E-state index contributed by atoms with van der Waals surface area (Å²) in [7, 11) is 0. The van der Waals surface area contributed by atoms with Gasteiger partial charge in [-0.05, 0) is 12.3 Å². The predicted octanol–water partition coefficient (Wildman–Crippen LogP) is 1.93. The lowest BCUT2D eigenvalue weighted by Gasteiger charge is -1.98. The number of aromatic nitrogens is 1. The number of thiazole rings is 1. The molecule has 1 aromatic rings. The quantitative estimate of drug-likeness (QED) is 0.774. The van der Waals surface area contributed by atoms with E-state index in [1.165, 1.54) is 23.6 Å². The summed E-state index contributed by atoms with van der Waals surface area (Å²) in [5, 5.41) is 11.6. The first-order valence-corrected chi connectivity index (χ1v) is 6.98. The number of carbonyl (C=O) groups excluding carboxylic acids is 1. The van der Waals surface area contributed by atoms with Gasteiger partial charge >= 0.3 is 5.97 Å². The largest absolute Gasteiger partial charge is 0.478 e. The average Bonchev–Trinajstić information content (AvgIpc) is 2.71. The maximum atomic E-state index is 11.4. The lowest BCUT2D eigenvalue weighted by atomic mass is 10.4. The van der Waals surface area contributed by atoms with Crippen LogP contribution in [0.15, 0.2) is 12.3 Å². The zero-order chi connectivity index (χ0) is 12.7. The molecule has 0 fully saturated rings. The fourth-order valence-corrected chi connectivity index (χ4v) is 2.08. The highest BCUT2D eigenvalue weighted by Crippen LogP contribution is 2.19. The van der Waals surface area contributed by atoms with E-state index in [1.807, 2.05) is 6.26 Å². The van der Waals surface area contributed by atoms with Crippen molar-refractivity contribution in [3.05, 3.63) is 17.2 Å². The van der Waals surface area contributed by atoms with Crippen molar-refractivity contribution in [1.29, 1.82) is 0 Å². The third kappa shape index (κ3) is 5.50. The Labute approximate surface area is 107 Å². The van der Waals surface area contributed by atoms with Gasteiger partial charge in [0, 0.05) is 29.3 Å². The van der Waals surface area contributed by atoms with Gasteiger partial charge in [0.05, 0.1) is 0 Å². The minimum absolute atomic E-state index is 0.0811. The number of hydrogen-bond acceptors (Lipinski definition) is 5. The summed E-state index contributed by atoms with van der Waals surface area (Å²) < 4.78 is 0. The van der Waals surface area contributed by atoms with Crippen LogP contribution in [0.1, 0.15) is 11.3 Å². The van der Waals surface area contributed by atoms with Gasteiger partial charge in [0.1, 0.15) is 0 Å². The smallest absolute Gasteiger partial charge is 0.328 e. The number of carboxylic acid groups (broad SMARTS) is 1. The molecule has 0 saturated heterocycles. The highest BCUT2D eigenvalue weighted by Gasteiger charge is 2.05.